The molecule has 0 fully saturated rings. The van der Waals surface area contributed by atoms with Gasteiger partial charge in [0.15, 0.2) is 0 Å². The number of rotatable bonds is 1. The maximum atomic E-state index is 2.25. The van der Waals surface area contributed by atoms with Crippen LogP contribution in [-0.4, -0.2) is 35.8 Å². The molecule has 0 saturated heterocycles. The van der Waals surface area contributed by atoms with Crippen LogP contribution >= 0.6 is 0 Å². The molecule has 0 radical (unpaired) electrons. The molecule has 1 aliphatic rings. The molecule has 1 rings (SSSR count). The van der Waals surface area contributed by atoms with Crippen LogP contribution in [0.15, 0.2) is 11.4 Å². The van der Waals surface area contributed by atoms with E-state index in [-0.39, 0.29) is 0 Å². The van der Waals surface area contributed by atoms with Gasteiger partial charge in [-0.25, -0.2) is 0 Å². The van der Waals surface area contributed by atoms with E-state index in [1.165, 1.54) is 11.4 Å². The summed E-state index contributed by atoms with van der Waals surface area (Å²) in [5.41, 5.74) is 2.67. The zero-order valence-electron chi connectivity index (χ0n) is 8.05. The van der Waals surface area contributed by atoms with Gasteiger partial charge in [-0.05, 0) is 20.8 Å². The van der Waals surface area contributed by atoms with Crippen LogP contribution in [0.3, 0.4) is 0 Å². The molecule has 0 aliphatic carbocycles. The first-order valence-electron chi connectivity index (χ1n) is 4.01. The molecule has 1 heterocycles. The average molecular weight is 155 g/mol. The van der Waals surface area contributed by atoms with E-state index in [0.717, 1.165) is 6.54 Å². The maximum absolute atomic E-state index is 2.25. The first-order valence-corrected chi connectivity index (χ1v) is 4.01. The molecule has 0 aromatic heterocycles. The van der Waals surface area contributed by atoms with Gasteiger partial charge in [-0.15, -0.1) is 5.12 Å². The van der Waals surface area contributed by atoms with Gasteiger partial charge in [0, 0.05) is 32.0 Å². The normalized spacial score (nSPS) is 20.5. The molecule has 3 heteroatoms. The Bertz CT molecular complexity index is 186. The van der Waals surface area contributed by atoms with Crippen LogP contribution in [0.2, 0.25) is 0 Å². The molecule has 3 nitrogen and oxygen atoms in total. The SMILES string of the molecule is CCN1C(C)=C(C)N(C)N1C. The van der Waals surface area contributed by atoms with Crippen LogP contribution < -0.4 is 0 Å². The van der Waals surface area contributed by atoms with Gasteiger partial charge in [0.05, 0.1) is 0 Å². The first kappa shape index (κ1) is 8.40. The van der Waals surface area contributed by atoms with E-state index in [4.69, 9.17) is 0 Å². The molecule has 0 atom stereocenters. The van der Waals surface area contributed by atoms with Gasteiger partial charge >= 0.3 is 0 Å². The highest BCUT2D eigenvalue weighted by molar-refractivity contribution is 5.09. The maximum Gasteiger partial charge on any atom is 0.0486 e. The molecule has 0 unspecified atom stereocenters. The van der Waals surface area contributed by atoms with Crippen molar-refractivity contribution in [3.05, 3.63) is 11.4 Å². The van der Waals surface area contributed by atoms with E-state index in [1.807, 2.05) is 0 Å². The quantitative estimate of drug-likeness (QED) is 0.564. The van der Waals surface area contributed by atoms with Crippen molar-refractivity contribution in [2.24, 2.45) is 0 Å². The molecule has 11 heavy (non-hydrogen) atoms. The Morgan fingerprint density at radius 3 is 1.82 bits per heavy atom. The Balaban J connectivity index is 2.86. The van der Waals surface area contributed by atoms with Gasteiger partial charge in [0.1, 0.15) is 0 Å². The fraction of sp³-hybridized carbons (Fsp3) is 0.750. The molecular formula is C8H17N3. The lowest BCUT2D eigenvalue weighted by atomic mass is 10.4. The van der Waals surface area contributed by atoms with E-state index >= 15 is 0 Å². The summed E-state index contributed by atoms with van der Waals surface area (Å²) in [5.74, 6) is 0. The predicted molar refractivity (Wildman–Crippen MR) is 46.3 cm³/mol. The largest absolute Gasteiger partial charge is 0.294 e. The minimum absolute atomic E-state index is 1.03. The average Bonchev–Trinajstić information content (AvgIpc) is 2.17. The fourth-order valence-corrected chi connectivity index (χ4v) is 1.46. The van der Waals surface area contributed by atoms with Crippen molar-refractivity contribution in [3.63, 3.8) is 0 Å². The Morgan fingerprint density at radius 1 is 1.09 bits per heavy atom. The monoisotopic (exact) mass is 155 g/mol. The molecule has 0 saturated carbocycles. The van der Waals surface area contributed by atoms with Crippen molar-refractivity contribution < 1.29 is 0 Å². The standard InChI is InChI=1S/C8H17N3/c1-6-11-8(3)7(2)9(4)10(11)5/h6H2,1-5H3. The summed E-state index contributed by atoms with van der Waals surface area (Å²) in [7, 11) is 4.15. The van der Waals surface area contributed by atoms with Crippen LogP contribution in [0.25, 0.3) is 0 Å². The van der Waals surface area contributed by atoms with Gasteiger partial charge in [-0.1, -0.05) is 0 Å². The summed E-state index contributed by atoms with van der Waals surface area (Å²) in [4.78, 5) is 0. The lowest BCUT2D eigenvalue weighted by Gasteiger charge is -2.30. The van der Waals surface area contributed by atoms with E-state index in [9.17, 15) is 0 Å². The Labute approximate surface area is 68.8 Å². The molecule has 0 N–H and O–H groups in total. The van der Waals surface area contributed by atoms with Crippen LogP contribution in [-0.2, 0) is 0 Å². The lowest BCUT2D eigenvalue weighted by Crippen LogP contribution is -2.40. The van der Waals surface area contributed by atoms with Gasteiger partial charge < -0.3 is 0 Å². The molecule has 0 amide bonds. The predicted octanol–water partition coefficient (Wildman–Crippen LogP) is 1.27. The molecule has 0 spiro atoms. The number of nitrogens with zero attached hydrogens (tertiary/aromatic N) is 3. The highest BCUT2D eigenvalue weighted by Crippen LogP contribution is 2.23. The van der Waals surface area contributed by atoms with Crippen LogP contribution in [0.4, 0.5) is 0 Å². The third-order valence-electron chi connectivity index (χ3n) is 2.48. The minimum atomic E-state index is 1.03. The highest BCUT2D eigenvalue weighted by atomic mass is 15.9. The molecule has 1 aliphatic heterocycles. The summed E-state index contributed by atoms with van der Waals surface area (Å²) < 4.78 is 0. The van der Waals surface area contributed by atoms with Gasteiger partial charge in [-0.3, -0.25) is 10.0 Å². The molecule has 0 bridgehead atoms. The number of hydrogen-bond donors (Lipinski definition) is 0. The van der Waals surface area contributed by atoms with E-state index in [2.05, 4.69) is 50.0 Å². The molecule has 64 valence electrons. The second-order valence-electron chi connectivity index (χ2n) is 2.90. The summed E-state index contributed by atoms with van der Waals surface area (Å²) in [6.07, 6.45) is 0. The van der Waals surface area contributed by atoms with Crippen molar-refractivity contribution in [1.29, 1.82) is 0 Å². The zero-order valence-corrected chi connectivity index (χ0v) is 8.05. The third kappa shape index (κ3) is 1.09. The van der Waals surface area contributed by atoms with Gasteiger partial charge in [-0.2, -0.15) is 0 Å². The Kier molecular flexibility index (Phi) is 2.09. The van der Waals surface area contributed by atoms with Gasteiger partial charge in [0.2, 0.25) is 0 Å². The smallest absolute Gasteiger partial charge is 0.0486 e. The minimum Gasteiger partial charge on any atom is -0.294 e. The number of allylic oxidation sites excluding steroid dienone is 2. The lowest BCUT2D eigenvalue weighted by molar-refractivity contribution is -0.0767. The van der Waals surface area contributed by atoms with Crippen molar-refractivity contribution >= 4 is 0 Å². The molecule has 0 aromatic rings. The van der Waals surface area contributed by atoms with E-state index in [0.29, 0.717) is 0 Å². The zero-order chi connectivity index (χ0) is 8.59. The van der Waals surface area contributed by atoms with Crippen molar-refractivity contribution in [1.82, 2.24) is 15.1 Å². The number of hydrogen-bond acceptors (Lipinski definition) is 3. The molecule has 0 aromatic carbocycles. The second-order valence-corrected chi connectivity index (χ2v) is 2.90. The first-order chi connectivity index (χ1) is 5.09. The van der Waals surface area contributed by atoms with Crippen LogP contribution in [0, 0.1) is 0 Å². The second kappa shape index (κ2) is 2.74. The summed E-state index contributed by atoms with van der Waals surface area (Å²) in [5, 5.41) is 6.53. The van der Waals surface area contributed by atoms with Crippen LogP contribution in [0.5, 0.6) is 0 Å². The van der Waals surface area contributed by atoms with Crippen molar-refractivity contribution in [3.8, 4) is 0 Å². The van der Waals surface area contributed by atoms with Crippen LogP contribution in [0.1, 0.15) is 20.8 Å². The van der Waals surface area contributed by atoms with Crippen molar-refractivity contribution in [2.45, 2.75) is 20.8 Å². The Morgan fingerprint density at radius 2 is 1.64 bits per heavy atom. The van der Waals surface area contributed by atoms with Crippen molar-refractivity contribution in [2.75, 3.05) is 20.6 Å². The fourth-order valence-electron chi connectivity index (χ4n) is 1.46. The third-order valence-corrected chi connectivity index (χ3v) is 2.48. The summed E-state index contributed by atoms with van der Waals surface area (Å²) in [6, 6.07) is 0. The highest BCUT2D eigenvalue weighted by Gasteiger charge is 2.24. The number of hydrazine groups is 2. The topological polar surface area (TPSA) is 9.72 Å². The summed E-state index contributed by atoms with van der Waals surface area (Å²) >= 11 is 0. The summed E-state index contributed by atoms with van der Waals surface area (Å²) in [6.45, 7) is 7.48. The van der Waals surface area contributed by atoms with E-state index < -0.39 is 0 Å². The molecular weight excluding hydrogens is 138 g/mol. The van der Waals surface area contributed by atoms with Gasteiger partial charge in [0.25, 0.3) is 0 Å². The van der Waals surface area contributed by atoms with E-state index in [1.54, 1.807) is 0 Å². The Hall–Kier alpha value is -0.700.